The number of esters is 1. The molecule has 0 N–H and O–H groups in total. The van der Waals surface area contributed by atoms with Crippen molar-refractivity contribution in [3.05, 3.63) is 41.7 Å². The molecule has 0 aliphatic rings. The first kappa shape index (κ1) is 13.4. The van der Waals surface area contributed by atoms with Crippen LogP contribution in [0.5, 0.6) is 0 Å². The minimum absolute atomic E-state index is 0.382. The molecular weight excluding hydrogens is 218 g/mol. The van der Waals surface area contributed by atoms with Crippen molar-refractivity contribution in [1.29, 1.82) is 0 Å². The lowest BCUT2D eigenvalue weighted by atomic mass is 10.2. The van der Waals surface area contributed by atoms with Gasteiger partial charge in [0.05, 0.1) is 31.6 Å². The second-order valence-corrected chi connectivity index (χ2v) is 3.79. The van der Waals surface area contributed by atoms with E-state index in [0.717, 1.165) is 17.7 Å². The van der Waals surface area contributed by atoms with Gasteiger partial charge in [-0.1, -0.05) is 5.57 Å². The van der Waals surface area contributed by atoms with E-state index >= 15 is 0 Å². The third-order valence-electron chi connectivity index (χ3n) is 2.17. The molecule has 0 bridgehead atoms. The molecule has 0 aliphatic carbocycles. The van der Waals surface area contributed by atoms with Gasteiger partial charge in [-0.15, -0.1) is 6.58 Å². The Hall–Kier alpha value is -1.68. The molecule has 1 aromatic rings. The predicted octanol–water partition coefficient (Wildman–Crippen LogP) is 2.35. The number of hydrogen-bond donors (Lipinski definition) is 0. The number of pyridine rings is 1. The molecule has 0 spiro atoms. The van der Waals surface area contributed by atoms with Crippen molar-refractivity contribution in [3.8, 4) is 0 Å². The number of aromatic nitrogens is 1. The van der Waals surface area contributed by atoms with Gasteiger partial charge in [-0.25, -0.2) is 4.79 Å². The van der Waals surface area contributed by atoms with E-state index in [9.17, 15) is 4.79 Å². The van der Waals surface area contributed by atoms with Crippen molar-refractivity contribution in [2.75, 3.05) is 13.7 Å². The highest BCUT2D eigenvalue weighted by molar-refractivity contribution is 5.88. The van der Waals surface area contributed by atoms with E-state index in [1.165, 1.54) is 13.3 Å². The molecule has 17 heavy (non-hydrogen) atoms. The van der Waals surface area contributed by atoms with Crippen LogP contribution in [0.3, 0.4) is 0 Å². The van der Waals surface area contributed by atoms with Crippen molar-refractivity contribution < 1.29 is 14.3 Å². The molecular formula is C13H17NO3. The first-order valence-corrected chi connectivity index (χ1v) is 5.39. The fourth-order valence-corrected chi connectivity index (χ4v) is 1.17. The molecule has 4 nitrogen and oxygen atoms in total. The number of methoxy groups -OCH3 is 1. The summed E-state index contributed by atoms with van der Waals surface area (Å²) in [7, 11) is 1.34. The highest BCUT2D eigenvalue weighted by Gasteiger charge is 2.05. The highest BCUT2D eigenvalue weighted by atomic mass is 16.5. The Labute approximate surface area is 101 Å². The van der Waals surface area contributed by atoms with Crippen LogP contribution in [0, 0.1) is 0 Å². The fourth-order valence-electron chi connectivity index (χ4n) is 1.17. The number of rotatable bonds is 6. The summed E-state index contributed by atoms with van der Waals surface area (Å²) >= 11 is 0. The molecule has 1 aromatic heterocycles. The van der Waals surface area contributed by atoms with Gasteiger partial charge < -0.3 is 9.47 Å². The molecule has 0 amide bonds. The third-order valence-corrected chi connectivity index (χ3v) is 2.17. The largest absolute Gasteiger partial charge is 0.465 e. The summed E-state index contributed by atoms with van der Waals surface area (Å²) in [6.07, 6.45) is 2.34. The average Bonchev–Trinajstić information content (AvgIpc) is 2.34. The van der Waals surface area contributed by atoms with Gasteiger partial charge in [0, 0.05) is 6.20 Å². The van der Waals surface area contributed by atoms with Crippen LogP contribution in [0.4, 0.5) is 0 Å². The smallest absolute Gasteiger partial charge is 0.339 e. The Morgan fingerprint density at radius 1 is 1.47 bits per heavy atom. The molecule has 0 fully saturated rings. The first-order valence-electron chi connectivity index (χ1n) is 5.39. The van der Waals surface area contributed by atoms with E-state index in [-0.39, 0.29) is 5.97 Å². The molecule has 0 unspecified atom stereocenters. The summed E-state index contributed by atoms with van der Waals surface area (Å²) in [5, 5.41) is 0. The lowest BCUT2D eigenvalue weighted by molar-refractivity contribution is 0.0600. The maximum absolute atomic E-state index is 11.2. The molecule has 4 heteroatoms. The van der Waals surface area contributed by atoms with Crippen molar-refractivity contribution >= 4 is 5.97 Å². The normalized spacial score (nSPS) is 10.0. The van der Waals surface area contributed by atoms with E-state index in [4.69, 9.17) is 4.74 Å². The van der Waals surface area contributed by atoms with E-state index in [0.29, 0.717) is 18.8 Å². The molecule has 0 saturated carbocycles. The van der Waals surface area contributed by atoms with Crippen LogP contribution >= 0.6 is 0 Å². The van der Waals surface area contributed by atoms with Crippen LogP contribution in [0.25, 0.3) is 0 Å². The Kier molecular flexibility index (Phi) is 5.36. The van der Waals surface area contributed by atoms with Crippen LogP contribution in [0.1, 0.15) is 29.4 Å². The van der Waals surface area contributed by atoms with Crippen LogP contribution in [0.2, 0.25) is 0 Å². The van der Waals surface area contributed by atoms with Gasteiger partial charge in [-0.05, 0) is 25.5 Å². The molecule has 92 valence electrons. The summed E-state index contributed by atoms with van der Waals surface area (Å²) < 4.78 is 10.00. The Morgan fingerprint density at radius 2 is 2.24 bits per heavy atom. The van der Waals surface area contributed by atoms with Crippen molar-refractivity contribution in [2.45, 2.75) is 20.0 Å². The van der Waals surface area contributed by atoms with E-state index in [1.807, 2.05) is 6.92 Å². The zero-order chi connectivity index (χ0) is 12.7. The summed E-state index contributed by atoms with van der Waals surface area (Å²) in [6, 6.07) is 3.43. The highest BCUT2D eigenvalue weighted by Crippen LogP contribution is 2.04. The third kappa shape index (κ3) is 4.78. The monoisotopic (exact) mass is 235 g/mol. The van der Waals surface area contributed by atoms with Crippen molar-refractivity contribution in [2.24, 2.45) is 0 Å². The molecule has 0 saturated heterocycles. The zero-order valence-corrected chi connectivity index (χ0v) is 10.2. The first-order chi connectivity index (χ1) is 8.13. The van der Waals surface area contributed by atoms with Crippen molar-refractivity contribution in [1.82, 2.24) is 4.98 Å². The van der Waals surface area contributed by atoms with Crippen LogP contribution < -0.4 is 0 Å². The quantitative estimate of drug-likeness (QED) is 0.431. The minimum Gasteiger partial charge on any atom is -0.465 e. The standard InChI is InChI=1S/C13H17NO3/c1-10(2)6-7-17-9-12-5-4-11(8-14-12)13(15)16-3/h4-5,8H,1,6-7,9H2,2-3H3. The van der Waals surface area contributed by atoms with Gasteiger partial charge in [-0.2, -0.15) is 0 Å². The second kappa shape index (κ2) is 6.81. The van der Waals surface area contributed by atoms with Gasteiger partial charge in [0.15, 0.2) is 0 Å². The van der Waals surface area contributed by atoms with E-state index in [1.54, 1.807) is 12.1 Å². The number of hydrogen-bond acceptors (Lipinski definition) is 4. The maximum atomic E-state index is 11.2. The van der Waals surface area contributed by atoms with Crippen molar-refractivity contribution in [3.63, 3.8) is 0 Å². The van der Waals surface area contributed by atoms with Crippen LogP contribution in [-0.4, -0.2) is 24.7 Å². The van der Waals surface area contributed by atoms with Gasteiger partial charge in [-0.3, -0.25) is 4.98 Å². The summed E-state index contributed by atoms with van der Waals surface area (Å²) in [6.45, 7) is 6.83. The lowest BCUT2D eigenvalue weighted by Crippen LogP contribution is -2.03. The Bertz CT molecular complexity index is 384. The number of nitrogens with zero attached hydrogens (tertiary/aromatic N) is 1. The SMILES string of the molecule is C=C(C)CCOCc1ccc(C(=O)OC)cn1. The van der Waals surface area contributed by atoms with Gasteiger partial charge in [0.25, 0.3) is 0 Å². The molecule has 0 aliphatic heterocycles. The second-order valence-electron chi connectivity index (χ2n) is 3.79. The number of ether oxygens (including phenoxy) is 2. The molecule has 0 aromatic carbocycles. The summed E-state index contributed by atoms with van der Waals surface area (Å²) in [4.78, 5) is 15.3. The van der Waals surface area contributed by atoms with Gasteiger partial charge >= 0.3 is 5.97 Å². The molecule has 1 heterocycles. The minimum atomic E-state index is -0.382. The summed E-state index contributed by atoms with van der Waals surface area (Å²) in [5.74, 6) is -0.382. The van der Waals surface area contributed by atoms with E-state index in [2.05, 4.69) is 16.3 Å². The average molecular weight is 235 g/mol. The Balaban J connectivity index is 2.40. The Morgan fingerprint density at radius 3 is 2.76 bits per heavy atom. The van der Waals surface area contributed by atoms with E-state index < -0.39 is 0 Å². The molecule has 1 rings (SSSR count). The maximum Gasteiger partial charge on any atom is 0.339 e. The summed E-state index contributed by atoms with van der Waals surface area (Å²) in [5.41, 5.74) is 2.33. The molecule has 0 radical (unpaired) electrons. The lowest BCUT2D eigenvalue weighted by Gasteiger charge is -2.04. The predicted molar refractivity (Wildman–Crippen MR) is 64.7 cm³/mol. The van der Waals surface area contributed by atoms with Crippen LogP contribution in [-0.2, 0) is 16.1 Å². The topological polar surface area (TPSA) is 48.4 Å². The molecule has 0 atom stereocenters. The van der Waals surface area contributed by atoms with Gasteiger partial charge in [0.2, 0.25) is 0 Å². The van der Waals surface area contributed by atoms with Crippen LogP contribution in [0.15, 0.2) is 30.5 Å². The number of carbonyl (C=O) groups is 1. The number of carbonyl (C=O) groups excluding carboxylic acids is 1. The van der Waals surface area contributed by atoms with Gasteiger partial charge in [0.1, 0.15) is 0 Å². The fraction of sp³-hybridized carbons (Fsp3) is 0.385. The zero-order valence-electron chi connectivity index (χ0n) is 10.2.